The van der Waals surface area contributed by atoms with E-state index in [4.69, 9.17) is 4.74 Å². The van der Waals surface area contributed by atoms with Crippen molar-refractivity contribution in [2.75, 3.05) is 7.11 Å². The Morgan fingerprint density at radius 1 is 1.12 bits per heavy atom. The second kappa shape index (κ2) is 7.68. The SMILES string of the molecule is COC(=O)[C@@H](Cc1ccccc1C)NC(=O)c1ccc(F)c(F)c1. The quantitative estimate of drug-likeness (QED) is 0.856. The molecule has 0 saturated carbocycles. The number of nitrogens with one attached hydrogen (secondary N) is 1. The Labute approximate surface area is 138 Å². The first-order chi connectivity index (χ1) is 11.4. The van der Waals surface area contributed by atoms with E-state index < -0.39 is 29.6 Å². The highest BCUT2D eigenvalue weighted by Crippen LogP contribution is 2.12. The number of hydrogen-bond acceptors (Lipinski definition) is 3. The average Bonchev–Trinajstić information content (AvgIpc) is 2.57. The summed E-state index contributed by atoms with van der Waals surface area (Å²) in [6.45, 7) is 1.89. The van der Waals surface area contributed by atoms with Gasteiger partial charge in [0.2, 0.25) is 0 Å². The van der Waals surface area contributed by atoms with Crippen LogP contribution in [-0.2, 0) is 16.0 Å². The van der Waals surface area contributed by atoms with Crippen LogP contribution in [0.4, 0.5) is 8.78 Å². The zero-order chi connectivity index (χ0) is 17.7. The van der Waals surface area contributed by atoms with Crippen LogP contribution in [0.15, 0.2) is 42.5 Å². The lowest BCUT2D eigenvalue weighted by atomic mass is 10.0. The van der Waals surface area contributed by atoms with Crippen molar-refractivity contribution in [3.05, 3.63) is 70.8 Å². The molecule has 0 saturated heterocycles. The summed E-state index contributed by atoms with van der Waals surface area (Å²) < 4.78 is 30.9. The van der Waals surface area contributed by atoms with Crippen LogP contribution in [0.5, 0.6) is 0 Å². The molecule has 1 N–H and O–H groups in total. The van der Waals surface area contributed by atoms with Crippen LogP contribution in [0.1, 0.15) is 21.5 Å². The van der Waals surface area contributed by atoms with E-state index in [0.717, 1.165) is 29.3 Å². The van der Waals surface area contributed by atoms with Gasteiger partial charge in [0.05, 0.1) is 7.11 Å². The van der Waals surface area contributed by atoms with E-state index in [9.17, 15) is 18.4 Å². The minimum absolute atomic E-state index is 0.0763. The van der Waals surface area contributed by atoms with Crippen molar-refractivity contribution in [3.8, 4) is 0 Å². The van der Waals surface area contributed by atoms with E-state index in [-0.39, 0.29) is 12.0 Å². The lowest BCUT2D eigenvalue weighted by Gasteiger charge is -2.17. The second-order valence-electron chi connectivity index (χ2n) is 5.31. The van der Waals surface area contributed by atoms with Crippen LogP contribution in [0.2, 0.25) is 0 Å². The van der Waals surface area contributed by atoms with Crippen molar-refractivity contribution >= 4 is 11.9 Å². The summed E-state index contributed by atoms with van der Waals surface area (Å²) in [5.41, 5.74) is 1.76. The van der Waals surface area contributed by atoms with Crippen LogP contribution in [-0.4, -0.2) is 25.0 Å². The molecule has 0 aliphatic rings. The number of amides is 1. The zero-order valence-corrected chi connectivity index (χ0v) is 13.3. The Hall–Kier alpha value is -2.76. The van der Waals surface area contributed by atoms with Crippen molar-refractivity contribution in [2.24, 2.45) is 0 Å². The number of hydrogen-bond donors (Lipinski definition) is 1. The first-order valence-electron chi connectivity index (χ1n) is 7.30. The number of carbonyl (C=O) groups excluding carboxylic acids is 2. The fourth-order valence-corrected chi connectivity index (χ4v) is 2.27. The number of carbonyl (C=O) groups is 2. The highest BCUT2D eigenvalue weighted by molar-refractivity contribution is 5.96. The maximum atomic E-state index is 13.3. The molecule has 0 unspecified atom stereocenters. The molecule has 2 aromatic rings. The smallest absolute Gasteiger partial charge is 0.328 e. The van der Waals surface area contributed by atoms with Gasteiger partial charge < -0.3 is 10.1 Å². The molecule has 2 rings (SSSR count). The molecular weight excluding hydrogens is 316 g/mol. The van der Waals surface area contributed by atoms with Crippen LogP contribution in [0.3, 0.4) is 0 Å². The molecular formula is C18H17F2NO3. The normalized spacial score (nSPS) is 11.7. The van der Waals surface area contributed by atoms with Crippen molar-refractivity contribution in [3.63, 3.8) is 0 Å². The van der Waals surface area contributed by atoms with Crippen LogP contribution < -0.4 is 5.32 Å². The third-order valence-electron chi connectivity index (χ3n) is 3.66. The highest BCUT2D eigenvalue weighted by atomic mass is 19.2. The topological polar surface area (TPSA) is 55.4 Å². The van der Waals surface area contributed by atoms with Crippen LogP contribution in [0, 0.1) is 18.6 Å². The molecule has 126 valence electrons. The molecule has 4 nitrogen and oxygen atoms in total. The van der Waals surface area contributed by atoms with Gasteiger partial charge in [0.25, 0.3) is 5.91 Å². The first kappa shape index (κ1) is 17.6. The maximum absolute atomic E-state index is 13.3. The molecule has 0 aliphatic heterocycles. The number of rotatable bonds is 5. The van der Waals surface area contributed by atoms with Gasteiger partial charge in [-0.1, -0.05) is 24.3 Å². The lowest BCUT2D eigenvalue weighted by Crippen LogP contribution is -2.43. The summed E-state index contributed by atoms with van der Waals surface area (Å²) in [7, 11) is 1.22. The fraction of sp³-hybridized carbons (Fsp3) is 0.222. The number of ether oxygens (including phenoxy) is 1. The van der Waals surface area contributed by atoms with Gasteiger partial charge in [-0.3, -0.25) is 4.79 Å². The van der Waals surface area contributed by atoms with Gasteiger partial charge in [-0.2, -0.15) is 0 Å². The standard InChI is InChI=1S/C18H17F2NO3/c1-11-5-3-4-6-12(11)10-16(18(23)24-2)21-17(22)13-7-8-14(19)15(20)9-13/h3-9,16H,10H2,1-2H3,(H,21,22)/t16-/m1/s1. The van der Waals surface area contributed by atoms with Gasteiger partial charge in [0.1, 0.15) is 6.04 Å². The minimum atomic E-state index is -1.13. The number of aryl methyl sites for hydroxylation is 1. The Morgan fingerprint density at radius 3 is 2.46 bits per heavy atom. The van der Waals surface area contributed by atoms with E-state index in [1.165, 1.54) is 7.11 Å². The van der Waals surface area contributed by atoms with Crippen molar-refractivity contribution in [2.45, 2.75) is 19.4 Å². The van der Waals surface area contributed by atoms with Gasteiger partial charge in [0, 0.05) is 12.0 Å². The Kier molecular flexibility index (Phi) is 5.63. The molecule has 0 heterocycles. The van der Waals surface area contributed by atoms with Crippen LogP contribution >= 0.6 is 0 Å². The monoisotopic (exact) mass is 333 g/mol. The zero-order valence-electron chi connectivity index (χ0n) is 13.3. The summed E-state index contributed by atoms with van der Waals surface area (Å²) in [5, 5.41) is 2.50. The van der Waals surface area contributed by atoms with E-state index in [0.29, 0.717) is 0 Å². The van der Waals surface area contributed by atoms with Crippen LogP contribution in [0.25, 0.3) is 0 Å². The minimum Gasteiger partial charge on any atom is -0.467 e. The molecule has 1 amide bonds. The predicted molar refractivity (Wildman–Crippen MR) is 84.5 cm³/mol. The molecule has 0 fully saturated rings. The van der Waals surface area contributed by atoms with Gasteiger partial charge in [-0.25, -0.2) is 13.6 Å². The van der Waals surface area contributed by atoms with Gasteiger partial charge in [-0.05, 0) is 36.2 Å². The molecule has 6 heteroatoms. The summed E-state index contributed by atoms with van der Waals surface area (Å²) in [6.07, 6.45) is 0.231. The molecule has 0 aromatic heterocycles. The van der Waals surface area contributed by atoms with Gasteiger partial charge in [0.15, 0.2) is 11.6 Å². The Balaban J connectivity index is 2.19. The van der Waals surface area contributed by atoms with Crippen molar-refractivity contribution in [1.29, 1.82) is 0 Å². The maximum Gasteiger partial charge on any atom is 0.328 e. The molecule has 0 radical (unpaired) electrons. The number of halogens is 2. The predicted octanol–water partition coefficient (Wildman–Crippen LogP) is 2.79. The Bertz CT molecular complexity index is 762. The third-order valence-corrected chi connectivity index (χ3v) is 3.66. The number of methoxy groups -OCH3 is 1. The molecule has 0 aliphatic carbocycles. The first-order valence-corrected chi connectivity index (χ1v) is 7.30. The van der Waals surface area contributed by atoms with Gasteiger partial charge in [-0.15, -0.1) is 0 Å². The molecule has 0 bridgehead atoms. The van der Waals surface area contributed by atoms with Crippen molar-refractivity contribution in [1.82, 2.24) is 5.32 Å². The lowest BCUT2D eigenvalue weighted by molar-refractivity contribution is -0.142. The second-order valence-corrected chi connectivity index (χ2v) is 5.31. The van der Waals surface area contributed by atoms with Gasteiger partial charge >= 0.3 is 5.97 Å². The summed E-state index contributed by atoms with van der Waals surface area (Å²) in [4.78, 5) is 24.2. The Morgan fingerprint density at radius 2 is 1.83 bits per heavy atom. The molecule has 1 atom stereocenters. The number of esters is 1. The molecule has 24 heavy (non-hydrogen) atoms. The summed E-state index contributed by atoms with van der Waals surface area (Å²) in [5.74, 6) is -3.47. The summed E-state index contributed by atoms with van der Waals surface area (Å²) >= 11 is 0. The number of benzene rings is 2. The largest absolute Gasteiger partial charge is 0.467 e. The van der Waals surface area contributed by atoms with Crippen molar-refractivity contribution < 1.29 is 23.1 Å². The average molecular weight is 333 g/mol. The fourth-order valence-electron chi connectivity index (χ4n) is 2.27. The third kappa shape index (κ3) is 4.16. The summed E-state index contributed by atoms with van der Waals surface area (Å²) in [6, 6.07) is 9.29. The highest BCUT2D eigenvalue weighted by Gasteiger charge is 2.23. The van der Waals surface area contributed by atoms with E-state index >= 15 is 0 Å². The van der Waals surface area contributed by atoms with E-state index in [2.05, 4.69) is 5.32 Å². The molecule has 2 aromatic carbocycles. The molecule has 0 spiro atoms. The van der Waals surface area contributed by atoms with E-state index in [1.807, 2.05) is 31.2 Å². The van der Waals surface area contributed by atoms with E-state index in [1.54, 1.807) is 0 Å².